The number of hydrogen-bond acceptors (Lipinski definition) is 2. The summed E-state index contributed by atoms with van der Waals surface area (Å²) in [5, 5.41) is 5.85. The largest absolute Gasteiger partial charge is 0.357 e. The molecule has 1 N–H and O–H groups in total. The average molecular weight is 457 g/mol. The van der Waals surface area contributed by atoms with Crippen LogP contribution in [-0.4, -0.2) is 29.8 Å². The number of likely N-dealkylation sites (N-methyl/N-ethyl adjacent to an activating group) is 1. The van der Waals surface area contributed by atoms with E-state index in [-0.39, 0.29) is 18.4 Å². The summed E-state index contributed by atoms with van der Waals surface area (Å²) >= 11 is 12.2. The van der Waals surface area contributed by atoms with Gasteiger partial charge in [0.1, 0.15) is 6.04 Å². The quantitative estimate of drug-likeness (QED) is 0.477. The molecule has 0 aliphatic heterocycles. The molecule has 0 saturated carbocycles. The van der Waals surface area contributed by atoms with Gasteiger partial charge in [-0.15, -0.1) is 0 Å². The van der Waals surface area contributed by atoms with Crippen molar-refractivity contribution in [2.75, 3.05) is 7.05 Å². The minimum Gasteiger partial charge on any atom is -0.357 e. The molecule has 0 saturated heterocycles. The van der Waals surface area contributed by atoms with Gasteiger partial charge in [-0.05, 0) is 46.9 Å². The van der Waals surface area contributed by atoms with Crippen molar-refractivity contribution in [3.05, 3.63) is 81.8 Å². The monoisotopic (exact) mass is 456 g/mol. The lowest BCUT2D eigenvalue weighted by atomic mass is 10.00. The summed E-state index contributed by atoms with van der Waals surface area (Å²) in [4.78, 5) is 27.5. The SMILES string of the molecule is CC[C@@H](C(=O)NC)N(Cc1ccc(Cl)c(Cl)c1)C(=O)CCc1cccc2ccccc12. The maximum atomic E-state index is 13.3. The number of nitrogens with zero attached hydrogens (tertiary/aromatic N) is 1. The number of aryl methyl sites for hydroxylation is 1. The molecule has 0 spiro atoms. The Kier molecular flexibility index (Phi) is 7.94. The van der Waals surface area contributed by atoms with Gasteiger partial charge < -0.3 is 10.2 Å². The lowest BCUT2D eigenvalue weighted by Crippen LogP contribution is -2.48. The number of halogens is 2. The van der Waals surface area contributed by atoms with Crippen LogP contribution in [0.3, 0.4) is 0 Å². The van der Waals surface area contributed by atoms with Crippen LogP contribution in [0.2, 0.25) is 10.0 Å². The Morgan fingerprint density at radius 3 is 2.45 bits per heavy atom. The van der Waals surface area contributed by atoms with Crippen LogP contribution in [0.25, 0.3) is 10.8 Å². The van der Waals surface area contributed by atoms with Crippen LogP contribution in [0, 0.1) is 0 Å². The Morgan fingerprint density at radius 1 is 1.00 bits per heavy atom. The molecular formula is C25H26Cl2N2O2. The van der Waals surface area contributed by atoms with Crippen LogP contribution < -0.4 is 5.32 Å². The minimum absolute atomic E-state index is 0.0746. The highest BCUT2D eigenvalue weighted by Crippen LogP contribution is 2.25. The minimum atomic E-state index is -0.556. The number of amides is 2. The lowest BCUT2D eigenvalue weighted by Gasteiger charge is -2.30. The molecule has 2 amide bonds. The maximum absolute atomic E-state index is 13.3. The van der Waals surface area contributed by atoms with E-state index in [9.17, 15) is 9.59 Å². The summed E-state index contributed by atoms with van der Waals surface area (Å²) in [6.07, 6.45) is 1.42. The molecule has 0 fully saturated rings. The number of carbonyl (C=O) groups is 2. The van der Waals surface area contributed by atoms with Crippen molar-refractivity contribution < 1.29 is 9.59 Å². The van der Waals surface area contributed by atoms with Gasteiger partial charge in [-0.25, -0.2) is 0 Å². The van der Waals surface area contributed by atoms with Crippen molar-refractivity contribution in [3.8, 4) is 0 Å². The van der Waals surface area contributed by atoms with Crippen molar-refractivity contribution in [3.63, 3.8) is 0 Å². The van der Waals surface area contributed by atoms with Gasteiger partial charge in [-0.1, -0.05) is 78.7 Å². The number of fused-ring (bicyclic) bond motifs is 1. The molecule has 0 aliphatic carbocycles. The van der Waals surface area contributed by atoms with E-state index >= 15 is 0 Å². The van der Waals surface area contributed by atoms with Gasteiger partial charge in [-0.2, -0.15) is 0 Å². The third-order valence-corrected chi connectivity index (χ3v) is 6.20. The average Bonchev–Trinajstić information content (AvgIpc) is 2.79. The fourth-order valence-electron chi connectivity index (χ4n) is 3.82. The molecule has 162 valence electrons. The molecule has 0 aliphatic rings. The normalized spacial score (nSPS) is 11.9. The summed E-state index contributed by atoms with van der Waals surface area (Å²) in [5.41, 5.74) is 1.95. The van der Waals surface area contributed by atoms with Crippen molar-refractivity contribution in [1.29, 1.82) is 0 Å². The van der Waals surface area contributed by atoms with Crippen molar-refractivity contribution in [1.82, 2.24) is 10.2 Å². The predicted molar refractivity (Wildman–Crippen MR) is 127 cm³/mol. The number of hydrogen-bond donors (Lipinski definition) is 1. The van der Waals surface area contributed by atoms with Gasteiger partial charge in [0.15, 0.2) is 0 Å². The van der Waals surface area contributed by atoms with E-state index in [1.54, 1.807) is 24.1 Å². The van der Waals surface area contributed by atoms with Crippen molar-refractivity contribution in [2.45, 2.75) is 38.8 Å². The fourth-order valence-corrected chi connectivity index (χ4v) is 4.14. The van der Waals surface area contributed by atoms with Gasteiger partial charge in [-0.3, -0.25) is 9.59 Å². The Hall–Kier alpha value is -2.56. The molecule has 31 heavy (non-hydrogen) atoms. The predicted octanol–water partition coefficient (Wildman–Crippen LogP) is 5.63. The first-order chi connectivity index (χ1) is 14.9. The standard InChI is InChI=1S/C25H26Cl2N2O2/c1-3-23(25(31)28-2)29(16-17-11-13-21(26)22(27)15-17)24(30)14-12-19-9-6-8-18-7-4-5-10-20(18)19/h4-11,13,15,23H,3,12,14,16H2,1-2H3,(H,28,31)/t23-/m0/s1. The Morgan fingerprint density at radius 2 is 1.74 bits per heavy atom. The van der Waals surface area contributed by atoms with Crippen LogP contribution in [0.5, 0.6) is 0 Å². The van der Waals surface area contributed by atoms with Crippen molar-refractivity contribution in [2.24, 2.45) is 0 Å². The first kappa shape index (κ1) is 23.1. The van der Waals surface area contributed by atoms with Gasteiger partial charge >= 0.3 is 0 Å². The van der Waals surface area contributed by atoms with Crippen molar-refractivity contribution >= 4 is 45.8 Å². The molecule has 3 aromatic rings. The zero-order valence-electron chi connectivity index (χ0n) is 17.7. The Balaban J connectivity index is 1.84. The Bertz CT molecular complexity index is 1080. The fraction of sp³-hybridized carbons (Fsp3) is 0.280. The molecule has 0 unspecified atom stereocenters. The second-order valence-corrected chi connectivity index (χ2v) is 8.26. The van der Waals surface area contributed by atoms with E-state index in [0.717, 1.165) is 21.9 Å². The van der Waals surface area contributed by atoms with E-state index in [1.807, 2.05) is 31.2 Å². The summed E-state index contributed by atoms with van der Waals surface area (Å²) < 4.78 is 0. The maximum Gasteiger partial charge on any atom is 0.242 e. The van der Waals surface area contributed by atoms with Crippen LogP contribution in [0.4, 0.5) is 0 Å². The summed E-state index contributed by atoms with van der Waals surface area (Å²) in [6, 6.07) is 19.0. The number of rotatable bonds is 8. The second kappa shape index (κ2) is 10.7. The van der Waals surface area contributed by atoms with E-state index in [1.165, 1.54) is 0 Å². The number of benzene rings is 3. The van der Waals surface area contributed by atoms with E-state index in [4.69, 9.17) is 23.2 Å². The van der Waals surface area contributed by atoms with Gasteiger partial charge in [0.2, 0.25) is 11.8 Å². The molecule has 3 rings (SSSR count). The molecule has 3 aromatic carbocycles. The highest BCUT2D eigenvalue weighted by atomic mass is 35.5. The third kappa shape index (κ3) is 5.57. The summed E-state index contributed by atoms with van der Waals surface area (Å²) in [5.74, 6) is -0.254. The van der Waals surface area contributed by atoms with Crippen LogP contribution >= 0.6 is 23.2 Å². The first-order valence-corrected chi connectivity index (χ1v) is 11.1. The molecule has 0 bridgehead atoms. The van der Waals surface area contributed by atoms with Gasteiger partial charge in [0.05, 0.1) is 10.0 Å². The van der Waals surface area contributed by atoms with Crippen LogP contribution in [0.1, 0.15) is 30.9 Å². The Labute approximate surface area is 193 Å². The topological polar surface area (TPSA) is 49.4 Å². The smallest absolute Gasteiger partial charge is 0.242 e. The zero-order valence-corrected chi connectivity index (χ0v) is 19.2. The first-order valence-electron chi connectivity index (χ1n) is 10.4. The van der Waals surface area contributed by atoms with E-state index in [0.29, 0.717) is 29.3 Å². The number of nitrogens with one attached hydrogen (secondary N) is 1. The van der Waals surface area contributed by atoms with Gasteiger partial charge in [0.25, 0.3) is 0 Å². The van der Waals surface area contributed by atoms with E-state index in [2.05, 4.69) is 29.6 Å². The van der Waals surface area contributed by atoms with Crippen LogP contribution in [0.15, 0.2) is 60.7 Å². The highest BCUT2D eigenvalue weighted by molar-refractivity contribution is 6.42. The molecule has 1 atom stereocenters. The molecule has 0 radical (unpaired) electrons. The zero-order chi connectivity index (χ0) is 22.4. The number of carbonyl (C=O) groups excluding carboxylic acids is 2. The molecule has 4 nitrogen and oxygen atoms in total. The molecule has 6 heteroatoms. The van der Waals surface area contributed by atoms with E-state index < -0.39 is 6.04 Å². The second-order valence-electron chi connectivity index (χ2n) is 7.45. The summed E-state index contributed by atoms with van der Waals surface area (Å²) in [7, 11) is 1.59. The molecular weight excluding hydrogens is 431 g/mol. The van der Waals surface area contributed by atoms with Crippen LogP contribution in [-0.2, 0) is 22.6 Å². The third-order valence-electron chi connectivity index (χ3n) is 5.46. The molecule has 0 aromatic heterocycles. The molecule has 0 heterocycles. The summed E-state index contributed by atoms with van der Waals surface area (Å²) in [6.45, 7) is 2.19. The lowest BCUT2D eigenvalue weighted by molar-refractivity contribution is -0.141. The van der Waals surface area contributed by atoms with Gasteiger partial charge in [0, 0.05) is 20.0 Å². The highest BCUT2D eigenvalue weighted by Gasteiger charge is 2.28.